The molecule has 49 heavy (non-hydrogen) atoms. The Kier molecular flexibility index (Phi) is 11.0. The van der Waals surface area contributed by atoms with Crippen LogP contribution in [0.25, 0.3) is 0 Å². The summed E-state index contributed by atoms with van der Waals surface area (Å²) in [6.07, 6.45) is -8.74. The molecule has 0 radical (unpaired) electrons. The van der Waals surface area contributed by atoms with E-state index in [1.54, 1.807) is 0 Å². The molecule has 1 saturated heterocycles. The molecule has 0 N–H and O–H groups in total. The van der Waals surface area contributed by atoms with Crippen molar-refractivity contribution in [3.8, 4) is 0 Å². The van der Waals surface area contributed by atoms with E-state index in [-0.39, 0.29) is 11.2 Å². The molecule has 286 valence electrons. The highest BCUT2D eigenvalue weighted by Gasteiger charge is 2.97. The first-order chi connectivity index (χ1) is 21.4. The van der Waals surface area contributed by atoms with Crippen molar-refractivity contribution in [2.75, 3.05) is 13.1 Å². The van der Waals surface area contributed by atoms with Crippen molar-refractivity contribution in [3.63, 3.8) is 0 Å². The van der Waals surface area contributed by atoms with E-state index >= 15 is 0 Å². The highest BCUT2D eigenvalue weighted by atomic mass is 28.3. The van der Waals surface area contributed by atoms with Gasteiger partial charge in [0.2, 0.25) is 0 Å². The fourth-order valence-electron chi connectivity index (χ4n) is 4.91. The third-order valence-corrected chi connectivity index (χ3v) is 11.9. The number of likely N-dealkylation sites (tertiary alicyclic amines) is 1. The first-order valence-electron chi connectivity index (χ1n) is 13.8. The van der Waals surface area contributed by atoms with Crippen LogP contribution in [0.1, 0.15) is 37.8 Å². The molecule has 0 spiro atoms. The third-order valence-electron chi connectivity index (χ3n) is 8.50. The molecule has 1 aromatic rings. The maximum Gasteiger partial charge on any atom is 0.460 e. The lowest BCUT2D eigenvalue weighted by atomic mass is 9.86. The first-order valence-corrected chi connectivity index (χ1v) is 17.0. The maximum absolute atomic E-state index is 14.5. The van der Waals surface area contributed by atoms with Crippen LogP contribution in [0.2, 0.25) is 19.1 Å². The summed E-state index contributed by atoms with van der Waals surface area (Å²) in [5.41, 5.74) is 0.706. The maximum atomic E-state index is 14.5. The van der Waals surface area contributed by atoms with Gasteiger partial charge in [0.05, 0.1) is 8.07 Å². The molecule has 1 aromatic carbocycles. The van der Waals surface area contributed by atoms with E-state index in [1.165, 1.54) is 37.4 Å². The lowest BCUT2D eigenvalue weighted by Crippen LogP contribution is -2.76. The summed E-state index contributed by atoms with van der Waals surface area (Å²) in [6.45, 7) is 5.69. The molecule has 0 unspecified atom stereocenters. The van der Waals surface area contributed by atoms with E-state index < -0.39 is 80.0 Å². The van der Waals surface area contributed by atoms with Crippen LogP contribution in [0, 0.1) is 0 Å². The van der Waals surface area contributed by atoms with Crippen LogP contribution >= 0.6 is 0 Å². The highest BCUT2D eigenvalue weighted by Crippen LogP contribution is 2.66. The van der Waals surface area contributed by atoms with Crippen molar-refractivity contribution in [3.05, 3.63) is 29.8 Å². The van der Waals surface area contributed by atoms with Crippen LogP contribution in [0.5, 0.6) is 0 Å². The van der Waals surface area contributed by atoms with E-state index in [2.05, 4.69) is 4.90 Å². The van der Waals surface area contributed by atoms with E-state index in [1.807, 2.05) is 6.92 Å². The van der Waals surface area contributed by atoms with Gasteiger partial charge < -0.3 is 0 Å². The zero-order chi connectivity index (χ0) is 38.9. The molecule has 23 heteroatoms. The molecule has 1 fully saturated rings. The number of rotatable bonds is 14. The lowest BCUT2D eigenvalue weighted by molar-refractivity contribution is -0.474. The van der Waals surface area contributed by atoms with Gasteiger partial charge in [-0.1, -0.05) is 42.5 Å². The quantitative estimate of drug-likeness (QED) is 0.134. The fraction of sp³-hybridized carbons (Fsp3) is 0.769. The van der Waals surface area contributed by atoms with Gasteiger partial charge >= 0.3 is 59.5 Å². The minimum atomic E-state index is -9.16. The van der Waals surface area contributed by atoms with Crippen LogP contribution in [0.3, 0.4) is 0 Å². The Bertz CT molecular complexity index is 1300. The van der Waals surface area contributed by atoms with Crippen LogP contribution in [0.4, 0.5) is 92.2 Å². The second-order valence-corrected chi connectivity index (χ2v) is 17.1. The lowest BCUT2D eigenvalue weighted by Gasteiger charge is -2.44. The van der Waals surface area contributed by atoms with Crippen LogP contribution in [-0.4, -0.2) is 85.5 Å². The van der Waals surface area contributed by atoms with Crippen LogP contribution in [0.15, 0.2) is 24.3 Å². The zero-order valence-electron chi connectivity index (χ0n) is 25.0. The van der Waals surface area contributed by atoms with Gasteiger partial charge in [0.1, 0.15) is 0 Å². The summed E-state index contributed by atoms with van der Waals surface area (Å²) in [5, 5.41) is 0.186. The molecule has 1 aliphatic rings. The third kappa shape index (κ3) is 6.48. The van der Waals surface area contributed by atoms with Gasteiger partial charge in [0.25, 0.3) is 0 Å². The molecular weight excluding hydrogens is 753 g/mol. The van der Waals surface area contributed by atoms with Gasteiger partial charge in [-0.05, 0) is 44.5 Å². The molecule has 1 nitrogen and oxygen atoms in total. The van der Waals surface area contributed by atoms with Crippen molar-refractivity contribution in [1.82, 2.24) is 4.90 Å². The van der Waals surface area contributed by atoms with Gasteiger partial charge in [-0.2, -0.15) is 92.2 Å². The summed E-state index contributed by atoms with van der Waals surface area (Å²) in [4.78, 5) is 2.08. The van der Waals surface area contributed by atoms with E-state index in [0.717, 1.165) is 25.9 Å². The Morgan fingerprint density at radius 3 is 1.20 bits per heavy atom. The molecule has 1 atom stereocenters. The summed E-state index contributed by atoms with van der Waals surface area (Å²) in [5.74, 6) is -76.7. The normalized spacial score (nSPS) is 18.3. The second kappa shape index (κ2) is 12.6. The molecule has 0 aliphatic carbocycles. The number of benzene rings is 1. The number of alkyl halides is 21. The minimum Gasteiger partial charge on any atom is -0.297 e. The number of hydrogen-bond acceptors (Lipinski definition) is 1. The van der Waals surface area contributed by atoms with E-state index in [9.17, 15) is 92.2 Å². The topological polar surface area (TPSA) is 3.24 Å². The SMILES string of the molecule is C[C@H](c1ccc([Si](C)(C)CCC(F)(F)C(F)(F)C(F)(F)C(F)(F)C(F)(F)C(F)(F)C(F)(F)C(F)(F)C(F)(F)C(F)(F)F)cc1)N1CCCC1. The van der Waals surface area contributed by atoms with E-state index in [0.29, 0.717) is 5.56 Å². The highest BCUT2D eigenvalue weighted by molar-refractivity contribution is 6.89. The standard InChI is InChI=1S/C26H26F21NSi/c1-14(48-11-4-5-12-48)15-6-8-16(9-7-15)49(2,3)13-10-17(27,28)18(29,30)19(31,32)20(33,34)21(35,36)22(37,38)23(39,40)24(41,42)25(43,44)26(45,46)47/h6-9,14H,4-5,10-13H2,1-3H3/t14-/m1/s1. The predicted octanol–water partition coefficient (Wildman–Crippen LogP) is 10.4. The van der Waals surface area contributed by atoms with Crippen LogP contribution in [-0.2, 0) is 0 Å². The smallest absolute Gasteiger partial charge is 0.297 e. The summed E-state index contributed by atoms with van der Waals surface area (Å²) < 4.78 is 287. The number of nitrogens with zero attached hydrogens (tertiary/aromatic N) is 1. The van der Waals surface area contributed by atoms with Crippen molar-refractivity contribution in [2.24, 2.45) is 0 Å². The molecule has 2 rings (SSSR count). The summed E-state index contributed by atoms with van der Waals surface area (Å²) in [7, 11) is -3.48. The molecule has 1 aliphatic heterocycles. The average Bonchev–Trinajstić information content (AvgIpc) is 3.49. The van der Waals surface area contributed by atoms with Gasteiger partial charge in [-0.3, -0.25) is 4.90 Å². The largest absolute Gasteiger partial charge is 0.460 e. The second-order valence-electron chi connectivity index (χ2n) is 12.2. The Morgan fingerprint density at radius 2 is 0.857 bits per heavy atom. The van der Waals surface area contributed by atoms with Crippen molar-refractivity contribution >= 4 is 13.3 Å². The van der Waals surface area contributed by atoms with Crippen LogP contribution < -0.4 is 5.19 Å². The summed E-state index contributed by atoms with van der Waals surface area (Å²) in [6, 6.07) is 4.37. The summed E-state index contributed by atoms with van der Waals surface area (Å²) >= 11 is 0. The zero-order valence-corrected chi connectivity index (χ0v) is 26.0. The molecule has 1 heterocycles. The molecular formula is C26H26F21NSi. The van der Waals surface area contributed by atoms with Crippen molar-refractivity contribution in [1.29, 1.82) is 0 Å². The van der Waals surface area contributed by atoms with Crippen molar-refractivity contribution < 1.29 is 92.2 Å². The average molecular weight is 780 g/mol. The Hall–Kier alpha value is -2.07. The van der Waals surface area contributed by atoms with Gasteiger partial charge in [-0.15, -0.1) is 0 Å². The predicted molar refractivity (Wildman–Crippen MR) is 133 cm³/mol. The Balaban J connectivity index is 2.43. The van der Waals surface area contributed by atoms with Gasteiger partial charge in [-0.25, -0.2) is 0 Å². The molecule has 0 aromatic heterocycles. The molecule has 0 bridgehead atoms. The molecule has 0 saturated carbocycles. The number of halogens is 21. The first kappa shape index (κ1) is 43.1. The Labute approximate surface area is 264 Å². The van der Waals surface area contributed by atoms with Crippen molar-refractivity contribution in [2.45, 2.75) is 111 Å². The molecule has 0 amide bonds. The fourth-order valence-corrected chi connectivity index (χ4v) is 7.21. The van der Waals surface area contributed by atoms with Gasteiger partial charge in [0.15, 0.2) is 0 Å². The number of hydrogen-bond donors (Lipinski definition) is 0. The monoisotopic (exact) mass is 779 g/mol. The minimum absolute atomic E-state index is 0.133. The van der Waals surface area contributed by atoms with Gasteiger partial charge in [0, 0.05) is 12.5 Å². The Morgan fingerprint density at radius 1 is 0.531 bits per heavy atom. The van der Waals surface area contributed by atoms with E-state index in [4.69, 9.17) is 0 Å².